The lowest BCUT2D eigenvalue weighted by Crippen LogP contribution is -2.43. The smallest absolute Gasteiger partial charge is 0.338 e. The topological polar surface area (TPSA) is 102 Å². The average molecular weight is 278 g/mol. The summed E-state index contributed by atoms with van der Waals surface area (Å²) in [4.78, 5) is 44.6. The normalized spacial score (nSPS) is 11.1. The predicted octanol–water partition coefficient (Wildman–Crippen LogP) is 0.500. The minimum Gasteiger partial charge on any atom is -0.449 e. The molecule has 7 heteroatoms. The van der Waals surface area contributed by atoms with E-state index in [9.17, 15) is 19.2 Å². The number of nitrogens with one attached hydrogen (secondary N) is 2. The van der Waals surface area contributed by atoms with Crippen molar-refractivity contribution in [2.24, 2.45) is 0 Å². The maximum atomic E-state index is 11.7. The Morgan fingerprint density at radius 1 is 1.20 bits per heavy atom. The molecule has 0 spiro atoms. The highest BCUT2D eigenvalue weighted by Gasteiger charge is 2.20. The van der Waals surface area contributed by atoms with Gasteiger partial charge in [0.15, 0.2) is 6.10 Å². The monoisotopic (exact) mass is 278 g/mol. The third kappa shape index (κ3) is 4.20. The summed E-state index contributed by atoms with van der Waals surface area (Å²) < 4.78 is 4.90. The molecule has 0 aromatic heterocycles. The summed E-state index contributed by atoms with van der Waals surface area (Å²) in [6, 6.07) is 5.05. The highest BCUT2D eigenvalue weighted by molar-refractivity contribution is 5.98. The molecule has 7 nitrogen and oxygen atoms in total. The summed E-state index contributed by atoms with van der Waals surface area (Å²) >= 11 is 0. The first kappa shape index (κ1) is 15.4. The first-order chi connectivity index (χ1) is 9.47. The Hall–Kier alpha value is -2.70. The molecular formula is C13H14N2O5. The second-order valence-electron chi connectivity index (χ2n) is 3.86. The molecular weight excluding hydrogens is 264 g/mol. The van der Waals surface area contributed by atoms with E-state index in [0.29, 0.717) is 11.8 Å². The van der Waals surface area contributed by atoms with Crippen LogP contribution in [0.3, 0.4) is 0 Å². The van der Waals surface area contributed by atoms with E-state index in [-0.39, 0.29) is 5.56 Å². The molecule has 2 N–H and O–H groups in total. The molecule has 1 aromatic carbocycles. The van der Waals surface area contributed by atoms with Gasteiger partial charge in [0.05, 0.1) is 5.56 Å². The molecule has 0 bridgehead atoms. The van der Waals surface area contributed by atoms with Crippen LogP contribution in [-0.4, -0.2) is 37.3 Å². The quantitative estimate of drug-likeness (QED) is 0.617. The van der Waals surface area contributed by atoms with Crippen LogP contribution in [0.1, 0.15) is 27.6 Å². The highest BCUT2D eigenvalue weighted by atomic mass is 16.5. The molecule has 1 atom stereocenters. The number of rotatable bonds is 4. The zero-order valence-corrected chi connectivity index (χ0v) is 11.0. The van der Waals surface area contributed by atoms with Crippen molar-refractivity contribution < 1.29 is 23.9 Å². The molecule has 0 fully saturated rings. The fourth-order valence-corrected chi connectivity index (χ4v) is 1.26. The number of carbonyl (C=O) groups is 4. The SMILES string of the molecule is CNC(=O)NC(=O)[C@@H](C)OC(=O)c1ccc(C=O)cc1. The molecule has 0 aliphatic heterocycles. The number of amides is 3. The number of ether oxygens (including phenoxy) is 1. The third-order valence-corrected chi connectivity index (χ3v) is 2.40. The minimum absolute atomic E-state index is 0.204. The molecule has 1 aromatic rings. The zero-order chi connectivity index (χ0) is 15.1. The van der Waals surface area contributed by atoms with Crippen molar-refractivity contribution in [1.82, 2.24) is 10.6 Å². The molecule has 0 saturated carbocycles. The molecule has 0 heterocycles. The molecule has 0 saturated heterocycles. The van der Waals surface area contributed by atoms with Crippen LogP contribution < -0.4 is 10.6 Å². The number of imide groups is 1. The highest BCUT2D eigenvalue weighted by Crippen LogP contribution is 2.06. The molecule has 1 rings (SSSR count). The first-order valence-electron chi connectivity index (χ1n) is 5.76. The van der Waals surface area contributed by atoms with Gasteiger partial charge in [-0.2, -0.15) is 0 Å². The summed E-state index contributed by atoms with van der Waals surface area (Å²) in [5.41, 5.74) is 0.627. The van der Waals surface area contributed by atoms with Gasteiger partial charge in [-0.1, -0.05) is 12.1 Å². The van der Waals surface area contributed by atoms with Gasteiger partial charge in [-0.25, -0.2) is 9.59 Å². The Morgan fingerprint density at radius 3 is 2.30 bits per heavy atom. The lowest BCUT2D eigenvalue weighted by Gasteiger charge is -2.12. The van der Waals surface area contributed by atoms with Gasteiger partial charge in [-0.3, -0.25) is 14.9 Å². The van der Waals surface area contributed by atoms with Gasteiger partial charge >= 0.3 is 12.0 Å². The van der Waals surface area contributed by atoms with E-state index in [1.165, 1.54) is 38.2 Å². The summed E-state index contributed by atoms with van der Waals surface area (Å²) in [6.45, 7) is 1.34. The zero-order valence-electron chi connectivity index (χ0n) is 11.0. The second kappa shape index (κ2) is 7.03. The van der Waals surface area contributed by atoms with Crippen LogP contribution in [0.25, 0.3) is 0 Å². The van der Waals surface area contributed by atoms with Gasteiger partial charge in [0.25, 0.3) is 5.91 Å². The van der Waals surface area contributed by atoms with E-state index in [0.717, 1.165) is 0 Å². The van der Waals surface area contributed by atoms with Crippen molar-refractivity contribution in [3.8, 4) is 0 Å². The summed E-state index contributed by atoms with van der Waals surface area (Å²) in [5.74, 6) is -1.45. The van der Waals surface area contributed by atoms with Crippen molar-refractivity contribution in [3.63, 3.8) is 0 Å². The van der Waals surface area contributed by atoms with Crippen LogP contribution in [0.15, 0.2) is 24.3 Å². The number of esters is 1. The lowest BCUT2D eigenvalue weighted by atomic mass is 10.1. The summed E-state index contributed by atoms with van der Waals surface area (Å²) in [5, 5.41) is 4.20. The predicted molar refractivity (Wildman–Crippen MR) is 69.3 cm³/mol. The summed E-state index contributed by atoms with van der Waals surface area (Å²) in [7, 11) is 1.36. The minimum atomic E-state index is -1.12. The van der Waals surface area contributed by atoms with Crippen LogP contribution in [0.5, 0.6) is 0 Å². The third-order valence-electron chi connectivity index (χ3n) is 2.40. The van der Waals surface area contributed by atoms with Crippen LogP contribution in [0.4, 0.5) is 4.79 Å². The van der Waals surface area contributed by atoms with Crippen molar-refractivity contribution in [2.75, 3.05) is 7.05 Å². The largest absolute Gasteiger partial charge is 0.449 e. The van der Waals surface area contributed by atoms with Crippen molar-refractivity contribution in [1.29, 1.82) is 0 Å². The van der Waals surface area contributed by atoms with Gasteiger partial charge in [-0.15, -0.1) is 0 Å². The van der Waals surface area contributed by atoms with Gasteiger partial charge in [0.2, 0.25) is 0 Å². The van der Waals surface area contributed by atoms with Crippen molar-refractivity contribution in [3.05, 3.63) is 35.4 Å². The van der Waals surface area contributed by atoms with Gasteiger partial charge < -0.3 is 10.1 Å². The Kier molecular flexibility index (Phi) is 5.40. The maximum Gasteiger partial charge on any atom is 0.338 e. The van der Waals surface area contributed by atoms with Gasteiger partial charge in [-0.05, 0) is 19.1 Å². The molecule has 0 radical (unpaired) electrons. The number of urea groups is 1. The molecule has 0 aliphatic carbocycles. The van der Waals surface area contributed by atoms with Gasteiger partial charge in [0.1, 0.15) is 6.29 Å². The number of benzene rings is 1. The second-order valence-corrected chi connectivity index (χ2v) is 3.86. The van der Waals surface area contributed by atoms with Crippen LogP contribution in [-0.2, 0) is 9.53 Å². The van der Waals surface area contributed by atoms with Crippen LogP contribution in [0.2, 0.25) is 0 Å². The van der Waals surface area contributed by atoms with Crippen molar-refractivity contribution >= 4 is 24.2 Å². The van der Waals surface area contributed by atoms with Crippen molar-refractivity contribution in [2.45, 2.75) is 13.0 Å². The van der Waals surface area contributed by atoms with E-state index in [1.54, 1.807) is 0 Å². The molecule has 106 valence electrons. The molecule has 0 unspecified atom stereocenters. The molecule has 20 heavy (non-hydrogen) atoms. The Balaban J connectivity index is 2.62. The average Bonchev–Trinajstić information content (AvgIpc) is 2.46. The van der Waals surface area contributed by atoms with E-state index in [4.69, 9.17) is 4.74 Å². The number of carbonyl (C=O) groups excluding carboxylic acids is 4. The standard InChI is InChI=1S/C13H14N2O5/c1-8(11(17)15-13(19)14-2)20-12(18)10-5-3-9(7-16)4-6-10/h3-8H,1-2H3,(H2,14,15,17,19)/t8-/m1/s1. The van der Waals surface area contributed by atoms with E-state index >= 15 is 0 Å². The number of aldehydes is 1. The Labute approximate surface area is 115 Å². The molecule has 0 aliphatic rings. The van der Waals surface area contributed by atoms with E-state index < -0.39 is 24.0 Å². The fourth-order valence-electron chi connectivity index (χ4n) is 1.26. The lowest BCUT2D eigenvalue weighted by molar-refractivity contribution is -0.127. The number of hydrogen-bond acceptors (Lipinski definition) is 5. The Bertz CT molecular complexity index is 524. The summed E-state index contributed by atoms with van der Waals surface area (Å²) in [6.07, 6.45) is -0.472. The van der Waals surface area contributed by atoms with Crippen LogP contribution >= 0.6 is 0 Å². The number of hydrogen-bond donors (Lipinski definition) is 2. The first-order valence-corrected chi connectivity index (χ1v) is 5.76. The van der Waals surface area contributed by atoms with E-state index in [1.807, 2.05) is 5.32 Å². The van der Waals surface area contributed by atoms with Crippen LogP contribution in [0, 0.1) is 0 Å². The van der Waals surface area contributed by atoms with Gasteiger partial charge in [0, 0.05) is 12.6 Å². The Morgan fingerprint density at radius 2 is 1.80 bits per heavy atom. The maximum absolute atomic E-state index is 11.7. The molecule has 3 amide bonds. The fraction of sp³-hybridized carbons (Fsp3) is 0.231. The van der Waals surface area contributed by atoms with E-state index in [2.05, 4.69) is 5.32 Å².